The molecule has 1 aromatic rings. The van der Waals surface area contributed by atoms with Gasteiger partial charge in [-0.3, -0.25) is 4.90 Å². The Kier molecular flexibility index (Phi) is 2.77. The van der Waals surface area contributed by atoms with E-state index in [1.807, 2.05) is 7.05 Å². The summed E-state index contributed by atoms with van der Waals surface area (Å²) in [4.78, 5) is 10.00. The van der Waals surface area contributed by atoms with Crippen LogP contribution < -0.4 is 4.74 Å². The highest BCUT2D eigenvalue weighted by Gasteiger charge is 2.18. The summed E-state index contributed by atoms with van der Waals surface area (Å²) in [6, 6.07) is 0.0318. The predicted octanol–water partition coefficient (Wildman–Crippen LogP) is 1.07. The summed E-state index contributed by atoms with van der Waals surface area (Å²) in [6.07, 6.45) is -0.864. The highest BCUT2D eigenvalue weighted by atomic mass is 19.3. The van der Waals surface area contributed by atoms with E-state index in [-0.39, 0.29) is 6.01 Å². The van der Waals surface area contributed by atoms with Gasteiger partial charge in [-0.25, -0.2) is 13.8 Å². The van der Waals surface area contributed by atoms with Crippen LogP contribution in [0.15, 0.2) is 6.20 Å². The van der Waals surface area contributed by atoms with Gasteiger partial charge < -0.3 is 4.74 Å². The lowest BCUT2D eigenvalue weighted by molar-refractivity contribution is 0.0768. The van der Waals surface area contributed by atoms with Crippen molar-refractivity contribution in [2.75, 3.05) is 13.7 Å². The van der Waals surface area contributed by atoms with Crippen LogP contribution in [0.1, 0.15) is 11.3 Å². The molecule has 0 spiro atoms. The van der Waals surface area contributed by atoms with E-state index in [0.29, 0.717) is 6.54 Å². The van der Waals surface area contributed by atoms with Crippen molar-refractivity contribution in [2.45, 2.75) is 19.5 Å². The smallest absolute Gasteiger partial charge is 0.316 e. The Balaban J connectivity index is 2.06. The standard InChI is InChI=1S/C9H11F2N3O/c1-14-3-6-2-12-9(13-7(6)4-14)15-5-8(10)11/h2,8H,3-5H2,1H3. The molecule has 0 bridgehead atoms. The Morgan fingerprint density at radius 1 is 1.53 bits per heavy atom. The van der Waals surface area contributed by atoms with Crippen LogP contribution >= 0.6 is 0 Å². The van der Waals surface area contributed by atoms with E-state index < -0.39 is 13.0 Å². The molecule has 15 heavy (non-hydrogen) atoms. The first kappa shape index (κ1) is 10.2. The first-order valence-electron chi connectivity index (χ1n) is 4.59. The molecular weight excluding hydrogens is 204 g/mol. The molecule has 4 nitrogen and oxygen atoms in total. The third-order valence-corrected chi connectivity index (χ3v) is 2.13. The number of halogens is 2. The van der Waals surface area contributed by atoms with E-state index in [1.165, 1.54) is 0 Å². The number of ether oxygens (including phenoxy) is 1. The molecule has 1 aliphatic rings. The van der Waals surface area contributed by atoms with Crippen LogP contribution in [0.4, 0.5) is 8.78 Å². The molecule has 2 heterocycles. The minimum Gasteiger partial charge on any atom is -0.457 e. The van der Waals surface area contributed by atoms with Crippen molar-refractivity contribution in [3.63, 3.8) is 0 Å². The van der Waals surface area contributed by atoms with E-state index in [1.54, 1.807) is 6.20 Å². The third kappa shape index (κ3) is 2.38. The van der Waals surface area contributed by atoms with Gasteiger partial charge in [0.25, 0.3) is 6.43 Å². The predicted molar refractivity (Wildman–Crippen MR) is 48.7 cm³/mol. The second kappa shape index (κ2) is 4.06. The van der Waals surface area contributed by atoms with Gasteiger partial charge in [0, 0.05) is 24.8 Å². The maximum Gasteiger partial charge on any atom is 0.316 e. The largest absolute Gasteiger partial charge is 0.457 e. The Morgan fingerprint density at radius 3 is 3.07 bits per heavy atom. The monoisotopic (exact) mass is 215 g/mol. The summed E-state index contributed by atoms with van der Waals surface area (Å²) < 4.78 is 28.5. The van der Waals surface area contributed by atoms with E-state index in [2.05, 4.69) is 14.9 Å². The minimum atomic E-state index is -2.50. The molecule has 0 saturated carbocycles. The molecule has 0 atom stereocenters. The van der Waals surface area contributed by atoms with Crippen LogP contribution in [0, 0.1) is 0 Å². The second-order valence-corrected chi connectivity index (χ2v) is 3.50. The van der Waals surface area contributed by atoms with Crippen LogP contribution in [0.25, 0.3) is 0 Å². The Bertz CT molecular complexity index is 359. The lowest BCUT2D eigenvalue weighted by Gasteiger charge is -2.04. The molecule has 6 heteroatoms. The van der Waals surface area contributed by atoms with Crippen molar-refractivity contribution in [2.24, 2.45) is 0 Å². The van der Waals surface area contributed by atoms with Crippen molar-refractivity contribution < 1.29 is 13.5 Å². The normalized spacial score (nSPS) is 15.7. The van der Waals surface area contributed by atoms with Gasteiger partial charge in [-0.1, -0.05) is 0 Å². The van der Waals surface area contributed by atoms with Gasteiger partial charge in [0.05, 0.1) is 5.69 Å². The van der Waals surface area contributed by atoms with E-state index in [9.17, 15) is 8.78 Å². The number of hydrogen-bond donors (Lipinski definition) is 0. The number of hydrogen-bond acceptors (Lipinski definition) is 4. The van der Waals surface area contributed by atoms with E-state index in [4.69, 9.17) is 4.74 Å². The number of nitrogens with zero attached hydrogens (tertiary/aromatic N) is 3. The molecule has 0 fully saturated rings. The van der Waals surface area contributed by atoms with Crippen LogP contribution in [0.3, 0.4) is 0 Å². The van der Waals surface area contributed by atoms with Crippen LogP contribution in [0.5, 0.6) is 6.01 Å². The summed E-state index contributed by atoms with van der Waals surface area (Å²) in [5.74, 6) is 0. The van der Waals surface area contributed by atoms with Gasteiger partial charge in [0.2, 0.25) is 0 Å². The lowest BCUT2D eigenvalue weighted by atomic mass is 10.3. The van der Waals surface area contributed by atoms with Gasteiger partial charge in [-0.2, -0.15) is 4.98 Å². The lowest BCUT2D eigenvalue weighted by Crippen LogP contribution is -2.10. The Hall–Kier alpha value is -1.30. The average Bonchev–Trinajstić information content (AvgIpc) is 2.53. The Morgan fingerprint density at radius 2 is 2.33 bits per heavy atom. The van der Waals surface area contributed by atoms with Gasteiger partial charge in [0.1, 0.15) is 0 Å². The summed E-state index contributed by atoms with van der Waals surface area (Å²) in [5, 5.41) is 0. The first-order valence-corrected chi connectivity index (χ1v) is 4.59. The van der Waals surface area contributed by atoms with Gasteiger partial charge in [-0.15, -0.1) is 0 Å². The zero-order chi connectivity index (χ0) is 10.8. The molecule has 2 rings (SSSR count). The second-order valence-electron chi connectivity index (χ2n) is 3.50. The van der Waals surface area contributed by atoms with Gasteiger partial charge in [-0.05, 0) is 7.05 Å². The minimum absolute atomic E-state index is 0.0318. The molecule has 0 aliphatic carbocycles. The fourth-order valence-corrected chi connectivity index (χ4v) is 1.50. The molecule has 0 saturated heterocycles. The summed E-state index contributed by atoms with van der Waals surface area (Å²) >= 11 is 0. The van der Waals surface area contributed by atoms with Crippen LogP contribution in [-0.4, -0.2) is 34.9 Å². The van der Waals surface area contributed by atoms with Gasteiger partial charge in [0.15, 0.2) is 6.61 Å². The fraction of sp³-hybridized carbons (Fsp3) is 0.556. The Labute approximate surface area is 85.9 Å². The molecule has 0 unspecified atom stereocenters. The molecule has 0 amide bonds. The van der Waals surface area contributed by atoms with Crippen molar-refractivity contribution in [3.8, 4) is 6.01 Å². The maximum atomic E-state index is 11.9. The molecule has 0 N–H and O–H groups in total. The number of alkyl halides is 2. The third-order valence-electron chi connectivity index (χ3n) is 2.13. The number of fused-ring (bicyclic) bond motifs is 1. The molecule has 1 aromatic heterocycles. The highest BCUT2D eigenvalue weighted by molar-refractivity contribution is 5.22. The first-order chi connectivity index (χ1) is 7.15. The summed E-state index contributed by atoms with van der Waals surface area (Å²) in [5.41, 5.74) is 1.89. The van der Waals surface area contributed by atoms with Gasteiger partial charge >= 0.3 is 6.01 Å². The van der Waals surface area contributed by atoms with Crippen LogP contribution in [0.2, 0.25) is 0 Å². The maximum absolute atomic E-state index is 11.9. The molecule has 82 valence electrons. The molecule has 0 radical (unpaired) electrons. The van der Waals surface area contributed by atoms with Crippen molar-refractivity contribution >= 4 is 0 Å². The van der Waals surface area contributed by atoms with Crippen molar-refractivity contribution in [1.29, 1.82) is 0 Å². The van der Waals surface area contributed by atoms with E-state index >= 15 is 0 Å². The van der Waals surface area contributed by atoms with Crippen molar-refractivity contribution in [1.82, 2.24) is 14.9 Å². The quantitative estimate of drug-likeness (QED) is 0.755. The molecule has 0 aromatic carbocycles. The summed E-state index contributed by atoms with van der Waals surface area (Å²) in [6.45, 7) is 0.849. The van der Waals surface area contributed by atoms with E-state index in [0.717, 1.165) is 17.8 Å². The number of rotatable bonds is 3. The highest BCUT2D eigenvalue weighted by Crippen LogP contribution is 2.20. The molecular formula is C9H11F2N3O. The average molecular weight is 215 g/mol. The molecule has 1 aliphatic heterocycles. The fourth-order valence-electron chi connectivity index (χ4n) is 1.50. The van der Waals surface area contributed by atoms with Crippen molar-refractivity contribution in [3.05, 3.63) is 17.5 Å². The SMILES string of the molecule is CN1Cc2cnc(OCC(F)F)nc2C1. The summed E-state index contributed by atoms with van der Waals surface area (Å²) in [7, 11) is 1.96. The van der Waals surface area contributed by atoms with Crippen LogP contribution in [-0.2, 0) is 13.1 Å². The topological polar surface area (TPSA) is 38.2 Å². The zero-order valence-electron chi connectivity index (χ0n) is 8.28. The number of aromatic nitrogens is 2. The zero-order valence-corrected chi connectivity index (χ0v) is 8.28.